The zero-order valence-corrected chi connectivity index (χ0v) is 11.3. The lowest BCUT2D eigenvalue weighted by atomic mass is 10.3. The maximum absolute atomic E-state index is 10.6. The van der Waals surface area contributed by atoms with Crippen LogP contribution >= 0.6 is 15.9 Å². The Kier molecular flexibility index (Phi) is 6.00. The highest BCUT2D eigenvalue weighted by Crippen LogP contribution is 2.17. The summed E-state index contributed by atoms with van der Waals surface area (Å²) in [7, 11) is 0. The Morgan fingerprint density at radius 1 is 1.53 bits per heavy atom. The topological polar surface area (TPSA) is 49.8 Å². The van der Waals surface area contributed by atoms with Gasteiger partial charge in [0.15, 0.2) is 0 Å². The minimum absolute atomic E-state index is 0.0539. The van der Waals surface area contributed by atoms with Crippen molar-refractivity contribution < 1.29 is 14.6 Å². The molecule has 1 aromatic carbocycles. The third-order valence-electron chi connectivity index (χ3n) is 2.28. The van der Waals surface area contributed by atoms with Gasteiger partial charge in [-0.25, -0.2) is 0 Å². The molecule has 0 aliphatic rings. The van der Waals surface area contributed by atoms with Crippen LogP contribution in [-0.4, -0.2) is 42.2 Å². The molecule has 0 atom stereocenters. The average Bonchev–Trinajstić information content (AvgIpc) is 2.27. The van der Waals surface area contributed by atoms with Crippen LogP contribution in [0.5, 0.6) is 5.75 Å². The molecule has 0 saturated carbocycles. The van der Waals surface area contributed by atoms with Crippen LogP contribution < -0.4 is 4.74 Å². The van der Waals surface area contributed by atoms with E-state index in [-0.39, 0.29) is 6.54 Å². The Hall–Kier alpha value is -1.07. The molecule has 0 radical (unpaired) electrons. The molecule has 0 heterocycles. The molecule has 0 unspecified atom stereocenters. The number of rotatable bonds is 7. The van der Waals surface area contributed by atoms with Gasteiger partial charge in [-0.15, -0.1) is 0 Å². The number of carboxylic acids is 1. The Balaban J connectivity index is 2.33. The van der Waals surface area contributed by atoms with Crippen LogP contribution in [0.3, 0.4) is 0 Å². The van der Waals surface area contributed by atoms with E-state index in [0.717, 1.165) is 10.2 Å². The van der Waals surface area contributed by atoms with Crippen molar-refractivity contribution in [3.63, 3.8) is 0 Å². The van der Waals surface area contributed by atoms with E-state index in [9.17, 15) is 4.79 Å². The predicted octanol–water partition coefficient (Wildman–Crippen LogP) is 2.23. The van der Waals surface area contributed by atoms with Crippen molar-refractivity contribution in [2.45, 2.75) is 6.92 Å². The van der Waals surface area contributed by atoms with Gasteiger partial charge in [-0.1, -0.05) is 28.9 Å². The van der Waals surface area contributed by atoms with Gasteiger partial charge >= 0.3 is 5.97 Å². The standard InChI is InChI=1S/C12H16BrNO3/c1-2-14(9-12(15)16)6-7-17-11-5-3-4-10(13)8-11/h3-5,8H,2,6-7,9H2,1H3,(H,15,16). The molecule has 0 fully saturated rings. The number of ether oxygens (including phenoxy) is 1. The van der Waals surface area contributed by atoms with Gasteiger partial charge in [0.1, 0.15) is 12.4 Å². The zero-order valence-electron chi connectivity index (χ0n) is 9.73. The number of hydrogen-bond donors (Lipinski definition) is 1. The molecule has 0 aliphatic carbocycles. The molecule has 5 heteroatoms. The number of halogens is 1. The molecule has 0 amide bonds. The van der Waals surface area contributed by atoms with Crippen molar-refractivity contribution in [1.29, 1.82) is 0 Å². The van der Waals surface area contributed by atoms with Crippen molar-refractivity contribution in [3.05, 3.63) is 28.7 Å². The molecule has 1 aromatic rings. The quantitative estimate of drug-likeness (QED) is 0.839. The van der Waals surface area contributed by atoms with E-state index in [4.69, 9.17) is 9.84 Å². The normalized spacial score (nSPS) is 10.5. The maximum atomic E-state index is 10.6. The number of hydrogen-bond acceptors (Lipinski definition) is 3. The lowest BCUT2D eigenvalue weighted by Gasteiger charge is -2.18. The number of nitrogens with zero attached hydrogens (tertiary/aromatic N) is 1. The molecule has 0 saturated heterocycles. The molecular weight excluding hydrogens is 286 g/mol. The summed E-state index contributed by atoms with van der Waals surface area (Å²) >= 11 is 3.36. The first kappa shape index (κ1) is 14.0. The monoisotopic (exact) mass is 301 g/mol. The fourth-order valence-electron chi connectivity index (χ4n) is 1.39. The van der Waals surface area contributed by atoms with E-state index in [0.29, 0.717) is 19.7 Å². The molecule has 94 valence electrons. The first-order valence-corrected chi connectivity index (χ1v) is 6.23. The van der Waals surface area contributed by atoms with E-state index in [1.807, 2.05) is 36.1 Å². The number of aliphatic carboxylic acids is 1. The molecule has 1 N–H and O–H groups in total. The summed E-state index contributed by atoms with van der Waals surface area (Å²) in [5, 5.41) is 8.68. The van der Waals surface area contributed by atoms with Crippen molar-refractivity contribution in [3.8, 4) is 5.75 Å². The van der Waals surface area contributed by atoms with Gasteiger partial charge in [0.25, 0.3) is 0 Å². The number of carboxylic acid groups (broad SMARTS) is 1. The highest BCUT2D eigenvalue weighted by Gasteiger charge is 2.07. The second kappa shape index (κ2) is 7.29. The van der Waals surface area contributed by atoms with Crippen LogP contribution in [0.2, 0.25) is 0 Å². The van der Waals surface area contributed by atoms with E-state index in [1.165, 1.54) is 0 Å². The van der Waals surface area contributed by atoms with Gasteiger partial charge in [0.2, 0.25) is 0 Å². The zero-order chi connectivity index (χ0) is 12.7. The molecule has 0 spiro atoms. The lowest BCUT2D eigenvalue weighted by molar-refractivity contribution is -0.138. The predicted molar refractivity (Wildman–Crippen MR) is 69.4 cm³/mol. The molecule has 0 aromatic heterocycles. The summed E-state index contributed by atoms with van der Waals surface area (Å²) in [6.45, 7) is 3.78. The molecule has 4 nitrogen and oxygen atoms in total. The van der Waals surface area contributed by atoms with Gasteiger partial charge in [-0.2, -0.15) is 0 Å². The van der Waals surface area contributed by atoms with Crippen LogP contribution in [0.4, 0.5) is 0 Å². The largest absolute Gasteiger partial charge is 0.492 e. The van der Waals surface area contributed by atoms with Crippen LogP contribution in [0.1, 0.15) is 6.92 Å². The highest BCUT2D eigenvalue weighted by atomic mass is 79.9. The van der Waals surface area contributed by atoms with E-state index < -0.39 is 5.97 Å². The van der Waals surface area contributed by atoms with Crippen molar-refractivity contribution in [1.82, 2.24) is 4.90 Å². The molecule has 17 heavy (non-hydrogen) atoms. The van der Waals surface area contributed by atoms with E-state index in [1.54, 1.807) is 0 Å². The SMILES string of the molecule is CCN(CCOc1cccc(Br)c1)CC(=O)O. The number of benzene rings is 1. The fourth-order valence-corrected chi connectivity index (χ4v) is 1.77. The van der Waals surface area contributed by atoms with Gasteiger partial charge in [0.05, 0.1) is 6.54 Å². The molecular formula is C12H16BrNO3. The van der Waals surface area contributed by atoms with Crippen molar-refractivity contribution in [2.75, 3.05) is 26.2 Å². The third-order valence-corrected chi connectivity index (χ3v) is 2.77. The minimum Gasteiger partial charge on any atom is -0.492 e. The van der Waals surface area contributed by atoms with Gasteiger partial charge in [-0.3, -0.25) is 9.69 Å². The Morgan fingerprint density at radius 3 is 2.88 bits per heavy atom. The van der Waals surface area contributed by atoms with Crippen molar-refractivity contribution in [2.24, 2.45) is 0 Å². The Bertz CT molecular complexity index is 371. The van der Waals surface area contributed by atoms with Gasteiger partial charge in [0, 0.05) is 11.0 Å². The fraction of sp³-hybridized carbons (Fsp3) is 0.417. The van der Waals surface area contributed by atoms with Gasteiger partial charge in [-0.05, 0) is 24.7 Å². The van der Waals surface area contributed by atoms with Crippen LogP contribution in [0.15, 0.2) is 28.7 Å². The smallest absolute Gasteiger partial charge is 0.317 e. The van der Waals surface area contributed by atoms with Gasteiger partial charge < -0.3 is 9.84 Å². The second-order valence-electron chi connectivity index (χ2n) is 3.57. The van der Waals surface area contributed by atoms with Crippen LogP contribution in [-0.2, 0) is 4.79 Å². The van der Waals surface area contributed by atoms with Crippen molar-refractivity contribution >= 4 is 21.9 Å². The van der Waals surface area contributed by atoms with E-state index in [2.05, 4.69) is 15.9 Å². The number of likely N-dealkylation sites (N-methyl/N-ethyl adjacent to an activating group) is 1. The summed E-state index contributed by atoms with van der Waals surface area (Å²) in [6.07, 6.45) is 0. The van der Waals surface area contributed by atoms with Crippen LogP contribution in [0, 0.1) is 0 Å². The Morgan fingerprint density at radius 2 is 2.29 bits per heavy atom. The number of carbonyl (C=O) groups is 1. The highest BCUT2D eigenvalue weighted by molar-refractivity contribution is 9.10. The minimum atomic E-state index is -0.811. The summed E-state index contributed by atoms with van der Waals surface area (Å²) < 4.78 is 6.50. The molecule has 0 aliphatic heterocycles. The maximum Gasteiger partial charge on any atom is 0.317 e. The Labute approximate surface area is 109 Å². The summed E-state index contributed by atoms with van der Waals surface area (Å²) in [5.74, 6) is -0.0277. The first-order chi connectivity index (χ1) is 8.11. The first-order valence-electron chi connectivity index (χ1n) is 5.44. The molecule has 1 rings (SSSR count). The lowest BCUT2D eigenvalue weighted by Crippen LogP contribution is -2.33. The van der Waals surface area contributed by atoms with E-state index >= 15 is 0 Å². The summed E-state index contributed by atoms with van der Waals surface area (Å²) in [6, 6.07) is 7.58. The molecule has 0 bridgehead atoms. The summed E-state index contributed by atoms with van der Waals surface area (Å²) in [4.78, 5) is 12.4. The average molecular weight is 302 g/mol. The third kappa shape index (κ3) is 5.70. The summed E-state index contributed by atoms with van der Waals surface area (Å²) in [5.41, 5.74) is 0. The van der Waals surface area contributed by atoms with Crippen LogP contribution in [0.25, 0.3) is 0 Å². The second-order valence-corrected chi connectivity index (χ2v) is 4.48.